The van der Waals surface area contributed by atoms with Gasteiger partial charge in [0.25, 0.3) is 0 Å². The highest BCUT2D eigenvalue weighted by Crippen LogP contribution is 2.42. The van der Waals surface area contributed by atoms with Gasteiger partial charge in [-0.2, -0.15) is 5.26 Å². The van der Waals surface area contributed by atoms with E-state index in [1.165, 1.54) is 13.2 Å². The predicted octanol–water partition coefficient (Wildman–Crippen LogP) is 3.09. The number of carbonyl (C=O) groups is 4. The van der Waals surface area contributed by atoms with Crippen molar-refractivity contribution in [2.45, 2.75) is 77.6 Å². The summed E-state index contributed by atoms with van der Waals surface area (Å²) in [6, 6.07) is 5.62. The Balaban J connectivity index is 1.95. The maximum atomic E-state index is 12.3. The number of nitriles is 1. The third kappa shape index (κ3) is 5.78. The normalized spacial score (nSPS) is 23.4. The van der Waals surface area contributed by atoms with E-state index in [1.807, 2.05) is 0 Å². The summed E-state index contributed by atoms with van der Waals surface area (Å²) < 4.78 is 35.5. The lowest BCUT2D eigenvalue weighted by molar-refractivity contribution is -0.269. The molecule has 5 atom stereocenters. The van der Waals surface area contributed by atoms with E-state index >= 15 is 0 Å². The number of nitrogens with zero attached hydrogens (tertiary/aromatic N) is 2. The monoisotopic (exact) mass is 572 g/mol. The molecule has 0 amide bonds. The van der Waals surface area contributed by atoms with Crippen molar-refractivity contribution in [3.8, 4) is 17.4 Å². The summed E-state index contributed by atoms with van der Waals surface area (Å²) in [4.78, 5) is 48.2. The number of aromatic nitrogens is 1. The molecule has 1 aliphatic carbocycles. The molecule has 40 heavy (non-hydrogen) atoms. The molecule has 0 bridgehead atoms. The van der Waals surface area contributed by atoms with Gasteiger partial charge in [-0.1, -0.05) is 12.2 Å². The van der Waals surface area contributed by atoms with Crippen molar-refractivity contribution in [1.29, 1.82) is 5.26 Å². The SMILES string of the molecule is CC(=O)OC[C@@H]1O[C@@H](n2c3c(c(-c4ccco4)c(C#N)c2=S)CCC3)[C@@H](OC(C)=O)[C@@H](OC(C)=O)[C@H]1OC(C)=O. The minimum Gasteiger partial charge on any atom is -0.464 e. The van der Waals surface area contributed by atoms with Crippen molar-refractivity contribution >= 4 is 36.1 Å². The van der Waals surface area contributed by atoms with Crippen molar-refractivity contribution in [3.05, 3.63) is 39.9 Å². The first kappa shape index (κ1) is 29.0. The fourth-order valence-electron chi connectivity index (χ4n) is 5.24. The van der Waals surface area contributed by atoms with Crippen molar-refractivity contribution in [3.63, 3.8) is 0 Å². The number of ether oxygens (including phenoxy) is 5. The van der Waals surface area contributed by atoms with Gasteiger partial charge in [0.05, 0.1) is 11.8 Å². The van der Waals surface area contributed by atoms with Gasteiger partial charge in [0, 0.05) is 39.0 Å². The van der Waals surface area contributed by atoms with Crippen LogP contribution in [0.2, 0.25) is 0 Å². The van der Waals surface area contributed by atoms with E-state index in [1.54, 1.807) is 16.7 Å². The number of rotatable bonds is 7. The Labute approximate surface area is 234 Å². The molecule has 0 unspecified atom stereocenters. The molecular weight excluding hydrogens is 544 g/mol. The number of esters is 4. The van der Waals surface area contributed by atoms with Crippen molar-refractivity contribution in [2.75, 3.05) is 6.61 Å². The van der Waals surface area contributed by atoms with E-state index in [0.29, 0.717) is 24.2 Å². The Bertz CT molecular complexity index is 1420. The molecule has 13 heteroatoms. The fourth-order valence-corrected chi connectivity index (χ4v) is 5.60. The van der Waals surface area contributed by atoms with Crippen LogP contribution in [0.1, 0.15) is 57.2 Å². The van der Waals surface area contributed by atoms with Gasteiger partial charge in [-0.15, -0.1) is 0 Å². The van der Waals surface area contributed by atoms with E-state index in [2.05, 4.69) is 6.07 Å². The molecule has 1 fully saturated rings. The van der Waals surface area contributed by atoms with Crippen LogP contribution in [-0.2, 0) is 55.7 Å². The topological polar surface area (TPSA) is 156 Å². The van der Waals surface area contributed by atoms with Crippen LogP contribution in [0.25, 0.3) is 11.3 Å². The van der Waals surface area contributed by atoms with Crippen LogP contribution in [-0.4, -0.2) is 59.5 Å². The van der Waals surface area contributed by atoms with Gasteiger partial charge < -0.3 is 32.7 Å². The first-order valence-corrected chi connectivity index (χ1v) is 13.0. The molecule has 0 N–H and O–H groups in total. The van der Waals surface area contributed by atoms with E-state index < -0.39 is 54.5 Å². The molecule has 12 nitrogen and oxygen atoms in total. The smallest absolute Gasteiger partial charge is 0.303 e. The van der Waals surface area contributed by atoms with Crippen LogP contribution in [0.5, 0.6) is 0 Å². The van der Waals surface area contributed by atoms with E-state index in [0.717, 1.165) is 38.4 Å². The Hall–Kier alpha value is -4.02. The first-order chi connectivity index (χ1) is 19.0. The summed E-state index contributed by atoms with van der Waals surface area (Å²) in [5, 5.41) is 10.2. The van der Waals surface area contributed by atoms with E-state index in [4.69, 9.17) is 40.3 Å². The van der Waals surface area contributed by atoms with Crippen LogP contribution in [0, 0.1) is 16.0 Å². The average molecular weight is 573 g/mol. The molecule has 0 aromatic carbocycles. The molecule has 0 radical (unpaired) electrons. The standard InChI is InChI=1S/C27H28N2O10S/c1-13(30)35-12-21-23(36-14(2)31)24(37-15(3)32)25(38-16(4)33)26(39-21)29-19-8-5-7-17(19)22(18(11-28)27(29)40)20-9-6-10-34-20/h6,9-10,21,23-26H,5,7-8,12H2,1-4H3/t21-,23-,24-,25-,26+/m0/s1. The summed E-state index contributed by atoms with van der Waals surface area (Å²) in [6.07, 6.45) is -3.01. The largest absolute Gasteiger partial charge is 0.464 e. The number of fused-ring (bicyclic) bond motifs is 1. The van der Waals surface area contributed by atoms with Crippen molar-refractivity contribution in [1.82, 2.24) is 4.57 Å². The third-order valence-electron chi connectivity index (χ3n) is 6.56. The molecule has 2 aliphatic rings. The van der Waals surface area contributed by atoms with Gasteiger partial charge in [-0.05, 0) is 37.0 Å². The summed E-state index contributed by atoms with van der Waals surface area (Å²) in [5.41, 5.74) is 2.26. The van der Waals surface area contributed by atoms with Gasteiger partial charge in [-0.3, -0.25) is 19.2 Å². The second kappa shape index (κ2) is 12.0. The summed E-state index contributed by atoms with van der Waals surface area (Å²) in [7, 11) is 0. The molecule has 1 saturated heterocycles. The molecule has 0 spiro atoms. The van der Waals surface area contributed by atoms with Crippen LogP contribution in [0.4, 0.5) is 0 Å². The summed E-state index contributed by atoms with van der Waals surface area (Å²) >= 11 is 5.81. The molecule has 1 aliphatic heterocycles. The lowest BCUT2D eigenvalue weighted by Gasteiger charge is -2.45. The minimum atomic E-state index is -1.36. The zero-order valence-electron chi connectivity index (χ0n) is 22.3. The molecular formula is C27H28N2O10S. The Morgan fingerprint density at radius 2 is 1.65 bits per heavy atom. The van der Waals surface area contributed by atoms with Gasteiger partial charge in [0.15, 0.2) is 24.5 Å². The summed E-state index contributed by atoms with van der Waals surface area (Å²) in [5.74, 6) is -2.35. The Kier molecular flexibility index (Phi) is 8.70. The second-order valence-electron chi connectivity index (χ2n) is 9.38. The molecule has 212 valence electrons. The van der Waals surface area contributed by atoms with Crippen LogP contribution in [0.3, 0.4) is 0 Å². The fraction of sp³-hybridized carbons (Fsp3) is 0.481. The van der Waals surface area contributed by atoms with Crippen molar-refractivity contribution in [2.24, 2.45) is 0 Å². The van der Waals surface area contributed by atoms with Gasteiger partial charge in [0.1, 0.15) is 29.2 Å². The summed E-state index contributed by atoms with van der Waals surface area (Å²) in [6.45, 7) is 4.28. The molecule has 2 aromatic heterocycles. The van der Waals surface area contributed by atoms with Gasteiger partial charge >= 0.3 is 23.9 Å². The first-order valence-electron chi connectivity index (χ1n) is 12.6. The number of hydrogen-bond acceptors (Lipinski definition) is 12. The quantitative estimate of drug-likeness (QED) is 0.272. The molecule has 4 rings (SSSR count). The lowest BCUT2D eigenvalue weighted by atomic mass is 9.95. The predicted molar refractivity (Wildman–Crippen MR) is 137 cm³/mol. The highest BCUT2D eigenvalue weighted by atomic mass is 32.1. The maximum absolute atomic E-state index is 12.3. The average Bonchev–Trinajstić information content (AvgIpc) is 3.57. The molecule has 2 aromatic rings. The third-order valence-corrected chi connectivity index (χ3v) is 6.96. The zero-order chi connectivity index (χ0) is 29.1. The van der Waals surface area contributed by atoms with Crippen LogP contribution in [0.15, 0.2) is 22.8 Å². The number of furan rings is 1. The Morgan fingerprint density at radius 1 is 1.00 bits per heavy atom. The number of hydrogen-bond donors (Lipinski definition) is 0. The Morgan fingerprint density at radius 3 is 2.23 bits per heavy atom. The number of pyridine rings is 1. The van der Waals surface area contributed by atoms with E-state index in [9.17, 15) is 24.4 Å². The van der Waals surface area contributed by atoms with E-state index in [-0.39, 0.29) is 16.8 Å². The maximum Gasteiger partial charge on any atom is 0.303 e. The van der Waals surface area contributed by atoms with Crippen molar-refractivity contribution < 1.29 is 47.3 Å². The highest BCUT2D eigenvalue weighted by molar-refractivity contribution is 7.71. The molecule has 3 heterocycles. The van der Waals surface area contributed by atoms with Gasteiger partial charge in [-0.25, -0.2) is 0 Å². The minimum absolute atomic E-state index is 0.0791. The zero-order valence-corrected chi connectivity index (χ0v) is 23.1. The molecule has 0 saturated carbocycles. The van der Waals surface area contributed by atoms with Crippen LogP contribution < -0.4 is 0 Å². The number of carbonyl (C=O) groups excluding carboxylic acids is 4. The van der Waals surface area contributed by atoms with Gasteiger partial charge in [0.2, 0.25) is 0 Å². The van der Waals surface area contributed by atoms with Crippen LogP contribution >= 0.6 is 12.2 Å². The lowest BCUT2D eigenvalue weighted by Crippen LogP contribution is -2.60. The highest BCUT2D eigenvalue weighted by Gasteiger charge is 2.53. The second-order valence-corrected chi connectivity index (χ2v) is 9.77.